The molecule has 0 aliphatic rings. The van der Waals surface area contributed by atoms with Crippen LogP contribution < -0.4 is 5.73 Å². The summed E-state index contributed by atoms with van der Waals surface area (Å²) in [5.74, 6) is 0.912. The van der Waals surface area contributed by atoms with Crippen molar-refractivity contribution in [1.29, 1.82) is 0 Å². The summed E-state index contributed by atoms with van der Waals surface area (Å²) < 4.78 is 1.82. The van der Waals surface area contributed by atoms with Crippen molar-refractivity contribution in [3.8, 4) is 11.3 Å². The lowest BCUT2D eigenvalue weighted by Gasteiger charge is -2.04. The number of nitrogens with two attached hydrogens (primary N) is 1. The van der Waals surface area contributed by atoms with Crippen molar-refractivity contribution < 1.29 is 0 Å². The van der Waals surface area contributed by atoms with Crippen LogP contribution in [0, 0.1) is 0 Å². The summed E-state index contributed by atoms with van der Waals surface area (Å²) in [5, 5.41) is 4.45. The Bertz CT molecular complexity index is 499. The smallest absolute Gasteiger partial charge is 0.124 e. The van der Waals surface area contributed by atoms with Crippen LogP contribution in [0.1, 0.15) is 25.5 Å². The molecule has 0 radical (unpaired) electrons. The average molecular weight is 216 g/mol. The van der Waals surface area contributed by atoms with Crippen molar-refractivity contribution in [3.05, 3.63) is 30.1 Å². The van der Waals surface area contributed by atoms with E-state index in [1.54, 1.807) is 6.07 Å². The maximum absolute atomic E-state index is 5.69. The Morgan fingerprint density at radius 1 is 1.31 bits per heavy atom. The third-order valence-corrected chi connectivity index (χ3v) is 2.45. The van der Waals surface area contributed by atoms with Crippen LogP contribution in [0.5, 0.6) is 0 Å². The van der Waals surface area contributed by atoms with Gasteiger partial charge in [-0.15, -0.1) is 0 Å². The number of anilines is 1. The van der Waals surface area contributed by atoms with Crippen LogP contribution in [0.4, 0.5) is 5.82 Å². The van der Waals surface area contributed by atoms with Crippen LogP contribution in [0.25, 0.3) is 11.3 Å². The molecule has 0 aromatic carbocycles. The molecule has 0 saturated carbocycles. The van der Waals surface area contributed by atoms with Crippen LogP contribution in [0.3, 0.4) is 0 Å². The van der Waals surface area contributed by atoms with Gasteiger partial charge in [-0.25, -0.2) is 4.98 Å². The number of hydrogen-bond acceptors (Lipinski definition) is 3. The van der Waals surface area contributed by atoms with Crippen molar-refractivity contribution in [3.63, 3.8) is 0 Å². The lowest BCUT2D eigenvalue weighted by molar-refractivity contribution is 0.713. The molecule has 4 nitrogen and oxygen atoms in total. The molecule has 0 aliphatic carbocycles. The normalized spacial score (nSPS) is 11.0. The highest BCUT2D eigenvalue weighted by Gasteiger charge is 2.13. The molecule has 2 N–H and O–H groups in total. The maximum Gasteiger partial charge on any atom is 0.124 e. The Balaban J connectivity index is 2.55. The number of hydrogen-bond donors (Lipinski definition) is 1. The zero-order chi connectivity index (χ0) is 11.7. The number of nitrogens with zero attached hydrogens (tertiary/aromatic N) is 3. The standard InChI is InChI=1S/C12H16N4/c1-8(2)12-9(7-16(3)15-12)10-5-4-6-11(13)14-10/h4-8H,1-3H3,(H2,13,14). The molecule has 0 fully saturated rings. The van der Waals surface area contributed by atoms with E-state index in [2.05, 4.69) is 23.9 Å². The van der Waals surface area contributed by atoms with Gasteiger partial charge in [0.2, 0.25) is 0 Å². The average Bonchev–Trinajstić information content (AvgIpc) is 2.60. The van der Waals surface area contributed by atoms with Gasteiger partial charge in [-0.2, -0.15) is 5.10 Å². The molecule has 0 atom stereocenters. The Morgan fingerprint density at radius 3 is 2.69 bits per heavy atom. The van der Waals surface area contributed by atoms with Crippen LogP contribution >= 0.6 is 0 Å². The zero-order valence-corrected chi connectivity index (χ0v) is 9.81. The van der Waals surface area contributed by atoms with E-state index >= 15 is 0 Å². The summed E-state index contributed by atoms with van der Waals surface area (Å²) >= 11 is 0. The van der Waals surface area contributed by atoms with E-state index in [1.165, 1.54) is 0 Å². The van der Waals surface area contributed by atoms with E-state index in [9.17, 15) is 0 Å². The first kappa shape index (κ1) is 10.7. The molecule has 0 unspecified atom stereocenters. The Labute approximate surface area is 95.1 Å². The van der Waals surface area contributed by atoms with Crippen LogP contribution in [0.2, 0.25) is 0 Å². The molecule has 84 valence electrons. The van der Waals surface area contributed by atoms with E-state index in [0.717, 1.165) is 17.0 Å². The topological polar surface area (TPSA) is 56.7 Å². The van der Waals surface area contributed by atoms with Gasteiger partial charge in [0.1, 0.15) is 5.82 Å². The molecule has 2 heterocycles. The van der Waals surface area contributed by atoms with Crippen LogP contribution in [0.15, 0.2) is 24.4 Å². The molecular weight excluding hydrogens is 200 g/mol. The van der Waals surface area contributed by atoms with Crippen molar-refractivity contribution in [2.45, 2.75) is 19.8 Å². The number of pyridine rings is 1. The highest BCUT2D eigenvalue weighted by molar-refractivity contribution is 5.63. The maximum atomic E-state index is 5.69. The molecular formula is C12H16N4. The Kier molecular flexibility index (Phi) is 2.64. The fraction of sp³-hybridized carbons (Fsp3) is 0.333. The van der Waals surface area contributed by atoms with E-state index in [-0.39, 0.29) is 0 Å². The predicted octanol–water partition coefficient (Wildman–Crippen LogP) is 2.19. The first-order valence-electron chi connectivity index (χ1n) is 5.34. The van der Waals surface area contributed by atoms with Crippen molar-refractivity contribution in [1.82, 2.24) is 14.8 Å². The molecule has 0 amide bonds. The quantitative estimate of drug-likeness (QED) is 0.837. The largest absolute Gasteiger partial charge is 0.384 e. The number of aromatic nitrogens is 3. The Morgan fingerprint density at radius 2 is 2.06 bits per heavy atom. The van der Waals surface area contributed by atoms with Gasteiger partial charge in [0.05, 0.1) is 11.4 Å². The number of nitrogen functional groups attached to an aromatic ring is 1. The highest BCUT2D eigenvalue weighted by Crippen LogP contribution is 2.26. The van der Waals surface area contributed by atoms with Gasteiger partial charge in [-0.05, 0) is 18.1 Å². The fourth-order valence-corrected chi connectivity index (χ4v) is 1.73. The minimum absolute atomic E-state index is 0.374. The number of rotatable bonds is 2. The molecule has 4 heteroatoms. The molecule has 2 aromatic rings. The van der Waals surface area contributed by atoms with E-state index in [0.29, 0.717) is 11.7 Å². The molecule has 0 aliphatic heterocycles. The number of aryl methyl sites for hydroxylation is 1. The molecule has 2 aromatic heterocycles. The minimum atomic E-state index is 0.374. The van der Waals surface area contributed by atoms with Gasteiger partial charge in [-0.1, -0.05) is 19.9 Å². The summed E-state index contributed by atoms with van der Waals surface area (Å²) in [6.45, 7) is 4.25. The van der Waals surface area contributed by atoms with Crippen LogP contribution in [-0.2, 0) is 7.05 Å². The summed E-state index contributed by atoms with van der Waals surface area (Å²) in [6.07, 6.45) is 1.98. The fourth-order valence-electron chi connectivity index (χ4n) is 1.73. The van der Waals surface area contributed by atoms with Crippen molar-refractivity contribution in [2.75, 3.05) is 5.73 Å². The van der Waals surface area contributed by atoms with Gasteiger partial charge in [0.25, 0.3) is 0 Å². The highest BCUT2D eigenvalue weighted by atomic mass is 15.3. The second-order valence-corrected chi connectivity index (χ2v) is 4.20. The molecule has 16 heavy (non-hydrogen) atoms. The second kappa shape index (κ2) is 3.96. The minimum Gasteiger partial charge on any atom is -0.384 e. The SMILES string of the molecule is CC(C)c1nn(C)cc1-c1cccc(N)n1. The van der Waals surface area contributed by atoms with Gasteiger partial charge in [-0.3, -0.25) is 4.68 Å². The van der Waals surface area contributed by atoms with Gasteiger partial charge < -0.3 is 5.73 Å². The van der Waals surface area contributed by atoms with Crippen molar-refractivity contribution >= 4 is 5.82 Å². The van der Waals surface area contributed by atoms with Crippen molar-refractivity contribution in [2.24, 2.45) is 7.05 Å². The van der Waals surface area contributed by atoms with Gasteiger partial charge >= 0.3 is 0 Å². The second-order valence-electron chi connectivity index (χ2n) is 4.20. The molecule has 0 saturated heterocycles. The third-order valence-electron chi connectivity index (χ3n) is 2.45. The third kappa shape index (κ3) is 1.91. The zero-order valence-electron chi connectivity index (χ0n) is 9.81. The lowest BCUT2D eigenvalue weighted by atomic mass is 10.0. The van der Waals surface area contributed by atoms with E-state index in [4.69, 9.17) is 5.73 Å². The van der Waals surface area contributed by atoms with Gasteiger partial charge in [0.15, 0.2) is 0 Å². The summed E-state index contributed by atoms with van der Waals surface area (Å²) in [4.78, 5) is 4.32. The Hall–Kier alpha value is -1.84. The van der Waals surface area contributed by atoms with Gasteiger partial charge in [0, 0.05) is 18.8 Å². The predicted molar refractivity (Wildman–Crippen MR) is 64.9 cm³/mol. The summed E-state index contributed by atoms with van der Waals surface area (Å²) in [6, 6.07) is 5.66. The molecule has 2 rings (SSSR count). The first-order chi connectivity index (χ1) is 7.58. The summed E-state index contributed by atoms with van der Waals surface area (Å²) in [7, 11) is 1.92. The van der Waals surface area contributed by atoms with E-state index in [1.807, 2.05) is 30.1 Å². The lowest BCUT2D eigenvalue weighted by Crippen LogP contribution is -1.95. The monoisotopic (exact) mass is 216 g/mol. The summed E-state index contributed by atoms with van der Waals surface area (Å²) in [5.41, 5.74) is 8.69. The molecule has 0 bridgehead atoms. The first-order valence-corrected chi connectivity index (χ1v) is 5.34. The molecule has 0 spiro atoms. The van der Waals surface area contributed by atoms with Crippen LogP contribution in [-0.4, -0.2) is 14.8 Å². The van der Waals surface area contributed by atoms with E-state index < -0.39 is 0 Å².